The van der Waals surface area contributed by atoms with E-state index in [0.29, 0.717) is 5.69 Å². The summed E-state index contributed by atoms with van der Waals surface area (Å²) in [5.41, 5.74) is 5.39. The van der Waals surface area contributed by atoms with Gasteiger partial charge in [0.1, 0.15) is 5.92 Å². The van der Waals surface area contributed by atoms with E-state index in [4.69, 9.17) is 5.11 Å². The minimum Gasteiger partial charge on any atom is -0.481 e. The molecule has 0 aromatic heterocycles. The number of nitrogens with one attached hydrogen (secondary N) is 3. The van der Waals surface area contributed by atoms with E-state index in [1.54, 1.807) is 24.3 Å². The lowest BCUT2D eigenvalue weighted by molar-refractivity contribution is -0.140. The molecule has 0 spiro atoms. The summed E-state index contributed by atoms with van der Waals surface area (Å²) >= 11 is 3.23. The highest BCUT2D eigenvalue weighted by molar-refractivity contribution is 9.10. The maximum atomic E-state index is 12.1. The Bertz CT molecular complexity index is 592. The fourth-order valence-corrected chi connectivity index (χ4v) is 3.63. The van der Waals surface area contributed by atoms with Crippen molar-refractivity contribution in [3.8, 4) is 0 Å². The van der Waals surface area contributed by atoms with Gasteiger partial charge in [-0.15, -0.1) is 0 Å². The monoisotopic (exact) mass is 349 g/mol. The predicted molar refractivity (Wildman–Crippen MR) is 72.7 cm³/mol. The molecular weight excluding hydrogens is 338 g/mol. The molecule has 19 heavy (non-hydrogen) atoms. The molecule has 1 aliphatic rings. The van der Waals surface area contributed by atoms with Crippen LogP contribution in [0, 0.1) is 5.92 Å². The van der Waals surface area contributed by atoms with Gasteiger partial charge in [-0.3, -0.25) is 14.9 Å². The first-order valence-corrected chi connectivity index (χ1v) is 7.72. The van der Waals surface area contributed by atoms with Crippen LogP contribution >= 0.6 is 15.9 Å². The summed E-state index contributed by atoms with van der Waals surface area (Å²) in [6.45, 7) is 0.0550. The molecule has 1 fully saturated rings. The molecule has 1 aliphatic heterocycles. The molecule has 7 nitrogen and oxygen atoms in total. The molecule has 9 heteroatoms. The van der Waals surface area contributed by atoms with E-state index in [9.17, 15) is 13.2 Å². The SMILES string of the molecule is O=C(O)C1CNNC1S(=O)(=O)Nc1cccc(Br)c1. The Kier molecular flexibility index (Phi) is 4.09. The molecule has 1 aromatic rings. The highest BCUT2D eigenvalue weighted by atomic mass is 79.9. The zero-order valence-electron chi connectivity index (χ0n) is 9.63. The lowest BCUT2D eigenvalue weighted by Gasteiger charge is -2.17. The standard InChI is InChI=1S/C10H12BrN3O4S/c11-6-2-1-3-7(4-6)14-19(17,18)9-8(10(15)16)5-12-13-9/h1-4,8-9,12-14H,5H2,(H,15,16). The van der Waals surface area contributed by atoms with E-state index >= 15 is 0 Å². The van der Waals surface area contributed by atoms with Crippen LogP contribution in [0.15, 0.2) is 28.7 Å². The third kappa shape index (κ3) is 3.24. The van der Waals surface area contributed by atoms with Gasteiger partial charge in [0.25, 0.3) is 10.0 Å². The number of anilines is 1. The molecule has 0 radical (unpaired) electrons. The Morgan fingerprint density at radius 3 is 2.84 bits per heavy atom. The van der Waals surface area contributed by atoms with Crippen molar-refractivity contribution >= 4 is 37.6 Å². The van der Waals surface area contributed by atoms with Crippen LogP contribution in [-0.2, 0) is 14.8 Å². The normalized spacial score (nSPS) is 23.2. The summed E-state index contributed by atoms with van der Waals surface area (Å²) < 4.78 is 27.4. The molecule has 0 bridgehead atoms. The smallest absolute Gasteiger partial charge is 0.310 e. The summed E-state index contributed by atoms with van der Waals surface area (Å²) in [6, 6.07) is 6.61. The highest BCUT2D eigenvalue weighted by Crippen LogP contribution is 2.20. The largest absolute Gasteiger partial charge is 0.481 e. The van der Waals surface area contributed by atoms with E-state index in [1.165, 1.54) is 0 Å². The van der Waals surface area contributed by atoms with Crippen molar-refractivity contribution in [3.63, 3.8) is 0 Å². The summed E-state index contributed by atoms with van der Waals surface area (Å²) in [7, 11) is -3.85. The Morgan fingerprint density at radius 1 is 1.47 bits per heavy atom. The number of carbonyl (C=O) groups is 1. The number of carboxylic acids is 1. The van der Waals surface area contributed by atoms with Crippen molar-refractivity contribution in [2.45, 2.75) is 5.37 Å². The molecule has 2 unspecified atom stereocenters. The van der Waals surface area contributed by atoms with Gasteiger partial charge in [0, 0.05) is 16.7 Å². The van der Waals surface area contributed by atoms with Gasteiger partial charge < -0.3 is 5.11 Å². The van der Waals surface area contributed by atoms with Crippen LogP contribution in [0.2, 0.25) is 0 Å². The first-order valence-electron chi connectivity index (χ1n) is 5.38. The summed E-state index contributed by atoms with van der Waals surface area (Å²) in [5, 5.41) is 7.76. The predicted octanol–water partition coefficient (Wildman–Crippen LogP) is 0.326. The number of benzene rings is 1. The van der Waals surface area contributed by atoms with Crippen LogP contribution < -0.4 is 15.6 Å². The summed E-state index contributed by atoms with van der Waals surface area (Å²) in [4.78, 5) is 11.0. The van der Waals surface area contributed by atoms with Crippen LogP contribution in [0.4, 0.5) is 5.69 Å². The van der Waals surface area contributed by atoms with E-state index in [1.807, 2.05) is 0 Å². The quantitative estimate of drug-likeness (QED) is 0.623. The lowest BCUT2D eigenvalue weighted by atomic mass is 10.2. The molecule has 1 heterocycles. The second-order valence-electron chi connectivity index (χ2n) is 4.05. The number of sulfonamides is 1. The van der Waals surface area contributed by atoms with Gasteiger partial charge in [-0.1, -0.05) is 22.0 Å². The molecule has 2 atom stereocenters. The first-order chi connectivity index (χ1) is 8.90. The average Bonchev–Trinajstić information content (AvgIpc) is 2.77. The van der Waals surface area contributed by atoms with Gasteiger partial charge in [0.15, 0.2) is 5.37 Å². The van der Waals surface area contributed by atoms with Crippen LogP contribution in [0.25, 0.3) is 0 Å². The molecule has 1 saturated heterocycles. The van der Waals surface area contributed by atoms with Gasteiger partial charge in [0.05, 0.1) is 0 Å². The van der Waals surface area contributed by atoms with E-state index in [-0.39, 0.29) is 6.54 Å². The number of rotatable bonds is 4. The zero-order valence-corrected chi connectivity index (χ0v) is 12.0. The van der Waals surface area contributed by atoms with Gasteiger partial charge in [-0.25, -0.2) is 13.8 Å². The van der Waals surface area contributed by atoms with E-state index in [2.05, 4.69) is 31.5 Å². The third-order valence-electron chi connectivity index (χ3n) is 2.67. The van der Waals surface area contributed by atoms with Gasteiger partial charge in [-0.05, 0) is 18.2 Å². The second-order valence-corrected chi connectivity index (χ2v) is 6.77. The Balaban J connectivity index is 2.21. The Labute approximate surface area is 118 Å². The Hall–Kier alpha value is -1.16. The number of halogens is 1. The van der Waals surface area contributed by atoms with Crippen LogP contribution in [0.1, 0.15) is 0 Å². The summed E-state index contributed by atoms with van der Waals surface area (Å²) in [5.74, 6) is -2.20. The average molecular weight is 350 g/mol. The van der Waals surface area contributed by atoms with Crippen molar-refractivity contribution in [2.24, 2.45) is 5.92 Å². The van der Waals surface area contributed by atoms with E-state index in [0.717, 1.165) is 4.47 Å². The number of aliphatic carboxylic acids is 1. The number of hydrogen-bond acceptors (Lipinski definition) is 5. The maximum absolute atomic E-state index is 12.1. The molecule has 4 N–H and O–H groups in total. The van der Waals surface area contributed by atoms with Gasteiger partial charge >= 0.3 is 5.97 Å². The molecule has 104 valence electrons. The molecule has 0 saturated carbocycles. The second kappa shape index (κ2) is 5.45. The topological polar surface area (TPSA) is 108 Å². The number of hydrogen-bond donors (Lipinski definition) is 4. The van der Waals surface area contributed by atoms with Gasteiger partial charge in [-0.2, -0.15) is 0 Å². The molecule has 0 aliphatic carbocycles. The van der Waals surface area contributed by atoms with Gasteiger partial charge in [0.2, 0.25) is 0 Å². The van der Waals surface area contributed by atoms with Crippen molar-refractivity contribution in [1.82, 2.24) is 10.9 Å². The number of carboxylic acid groups (broad SMARTS) is 1. The third-order valence-corrected chi connectivity index (χ3v) is 4.80. The number of hydrazine groups is 1. The van der Waals surface area contributed by atoms with Crippen molar-refractivity contribution in [2.75, 3.05) is 11.3 Å². The molecule has 2 rings (SSSR count). The minimum atomic E-state index is -3.85. The minimum absolute atomic E-state index is 0.0550. The highest BCUT2D eigenvalue weighted by Gasteiger charge is 2.41. The van der Waals surface area contributed by atoms with Crippen LogP contribution in [0.3, 0.4) is 0 Å². The lowest BCUT2D eigenvalue weighted by Crippen LogP contribution is -2.43. The maximum Gasteiger partial charge on any atom is 0.310 e. The van der Waals surface area contributed by atoms with E-state index < -0.39 is 27.3 Å². The fraction of sp³-hybridized carbons (Fsp3) is 0.300. The fourth-order valence-electron chi connectivity index (χ4n) is 1.77. The van der Waals surface area contributed by atoms with Crippen LogP contribution in [-0.4, -0.2) is 31.4 Å². The Morgan fingerprint density at radius 2 is 2.21 bits per heavy atom. The van der Waals surface area contributed by atoms with Crippen molar-refractivity contribution in [3.05, 3.63) is 28.7 Å². The van der Waals surface area contributed by atoms with Crippen molar-refractivity contribution < 1.29 is 18.3 Å². The molecular formula is C10H12BrN3O4S. The zero-order chi connectivity index (χ0) is 14.0. The molecule has 1 aromatic carbocycles. The first kappa shape index (κ1) is 14.3. The van der Waals surface area contributed by atoms with Crippen molar-refractivity contribution in [1.29, 1.82) is 0 Å². The van der Waals surface area contributed by atoms with Crippen LogP contribution in [0.5, 0.6) is 0 Å². The molecule has 0 amide bonds. The summed E-state index contributed by atoms with van der Waals surface area (Å²) in [6.07, 6.45) is 0.